The smallest absolute Gasteiger partial charge is 0.0207 e. The van der Waals surface area contributed by atoms with Gasteiger partial charge in [0.25, 0.3) is 0 Å². The first-order valence-electron chi connectivity index (χ1n) is 1.12. The van der Waals surface area contributed by atoms with Crippen LogP contribution in [0.4, 0.5) is 0 Å². The summed E-state index contributed by atoms with van der Waals surface area (Å²) in [5.74, 6) is -1.33. The van der Waals surface area contributed by atoms with E-state index in [1.54, 1.807) is 0 Å². The van der Waals surface area contributed by atoms with Gasteiger partial charge in [-0.05, 0) is 0 Å². The summed E-state index contributed by atoms with van der Waals surface area (Å²) in [6.45, 7) is -0.639. The summed E-state index contributed by atoms with van der Waals surface area (Å²) < 4.78 is 0. The van der Waals surface area contributed by atoms with Crippen LogP contribution in [-0.2, 0) is 28.8 Å². The standard InChI is InChI=1S/C2H4NO2.H2O.O.V/c3-1-2(4)5;;;/h3H,1H2,(H,4,5);1H2;;/q-1;;-2;/p-2. The van der Waals surface area contributed by atoms with Crippen molar-refractivity contribution < 1.29 is 39.4 Å². The third kappa shape index (κ3) is 38.6. The summed E-state index contributed by atoms with van der Waals surface area (Å²) in [5, 5.41) is 9.07. The SMILES string of the molecule is [NH-]CC(=O)[O-].[O-2].[OH-].[V]. The quantitative estimate of drug-likeness (QED) is 0.459. The monoisotopic (exact) mass is 157 g/mol. The van der Waals surface area contributed by atoms with Crippen molar-refractivity contribution in [3.05, 3.63) is 5.73 Å². The molecule has 0 saturated carbocycles. The zero-order valence-electron chi connectivity index (χ0n) is 3.83. The Hall–Kier alpha value is -0.0656. The number of aliphatic carboxylic acids is 1. The molecule has 6 heteroatoms. The van der Waals surface area contributed by atoms with Crippen LogP contribution in [0.3, 0.4) is 0 Å². The van der Waals surface area contributed by atoms with Gasteiger partial charge in [0.05, 0.1) is 0 Å². The van der Waals surface area contributed by atoms with Crippen molar-refractivity contribution in [1.29, 1.82) is 0 Å². The van der Waals surface area contributed by atoms with Crippen molar-refractivity contribution in [3.8, 4) is 0 Å². The van der Waals surface area contributed by atoms with Crippen molar-refractivity contribution in [1.82, 2.24) is 0 Å². The fourth-order valence-electron chi connectivity index (χ4n) is 0. The van der Waals surface area contributed by atoms with E-state index in [-0.39, 0.29) is 29.5 Å². The largest absolute Gasteiger partial charge is 2.00 e. The molecule has 0 aromatic rings. The normalized spacial score (nSPS) is 4.62. The number of hydrogen-bond acceptors (Lipinski definition) is 3. The number of carbonyl (C=O) groups excluding carboxylic acids is 1. The van der Waals surface area contributed by atoms with E-state index >= 15 is 0 Å². The minimum Gasteiger partial charge on any atom is -2.00 e. The average Bonchev–Trinajstić information content (AvgIpc) is 1.38. The van der Waals surface area contributed by atoms with E-state index in [9.17, 15) is 0 Å². The number of rotatable bonds is 1. The van der Waals surface area contributed by atoms with Gasteiger partial charge in [0.1, 0.15) is 0 Å². The number of nitrogens with one attached hydrogen (secondary N) is 1. The molecule has 0 unspecified atom stereocenters. The summed E-state index contributed by atoms with van der Waals surface area (Å²) in [7, 11) is 0. The van der Waals surface area contributed by atoms with E-state index in [4.69, 9.17) is 15.6 Å². The van der Waals surface area contributed by atoms with E-state index in [0.717, 1.165) is 0 Å². The van der Waals surface area contributed by atoms with Crippen LogP contribution >= 0.6 is 0 Å². The van der Waals surface area contributed by atoms with Crippen LogP contribution in [0.2, 0.25) is 0 Å². The van der Waals surface area contributed by atoms with Crippen LogP contribution in [0.25, 0.3) is 5.73 Å². The van der Waals surface area contributed by atoms with Gasteiger partial charge in [0.15, 0.2) is 0 Å². The first-order valence-corrected chi connectivity index (χ1v) is 1.12. The molecule has 0 spiro atoms. The number of hydrogen-bond donors (Lipinski definition) is 0. The number of carbonyl (C=O) groups is 1. The maximum atomic E-state index is 9.07. The van der Waals surface area contributed by atoms with Crippen molar-refractivity contribution in [2.24, 2.45) is 0 Å². The van der Waals surface area contributed by atoms with Gasteiger partial charge in [-0.15, -0.1) is 6.54 Å². The van der Waals surface area contributed by atoms with Gasteiger partial charge < -0.3 is 26.6 Å². The van der Waals surface area contributed by atoms with Crippen molar-refractivity contribution >= 4 is 5.97 Å². The van der Waals surface area contributed by atoms with Crippen LogP contribution < -0.4 is 5.11 Å². The van der Waals surface area contributed by atoms with Gasteiger partial charge in [0, 0.05) is 24.5 Å². The first kappa shape index (κ1) is 24.6. The molecule has 0 rings (SSSR count). The minimum atomic E-state index is -1.33. The molecule has 5 nitrogen and oxygen atoms in total. The Morgan fingerprint density at radius 2 is 1.75 bits per heavy atom. The van der Waals surface area contributed by atoms with E-state index in [1.807, 2.05) is 0 Å². The Morgan fingerprint density at radius 3 is 1.75 bits per heavy atom. The molecule has 0 aromatic heterocycles. The first-order chi connectivity index (χ1) is 2.27. The van der Waals surface area contributed by atoms with E-state index in [0.29, 0.717) is 0 Å². The molecule has 0 saturated heterocycles. The molecule has 2 N–H and O–H groups in total. The Labute approximate surface area is 58.4 Å². The van der Waals surface area contributed by atoms with E-state index in [1.165, 1.54) is 0 Å². The molecule has 0 aliphatic rings. The van der Waals surface area contributed by atoms with E-state index in [2.05, 4.69) is 0 Å². The molecular weight excluding hydrogens is 153 g/mol. The fourth-order valence-corrected chi connectivity index (χ4v) is 0. The van der Waals surface area contributed by atoms with Crippen molar-refractivity contribution in [2.45, 2.75) is 0 Å². The van der Waals surface area contributed by atoms with Crippen LogP contribution in [0, 0.1) is 0 Å². The predicted octanol–water partition coefficient (Wildman–Crippen LogP) is -1.51. The molecular formula is C2H4NO4V-5. The zero-order chi connectivity index (χ0) is 4.28. The van der Waals surface area contributed by atoms with E-state index < -0.39 is 12.5 Å². The average molecular weight is 157 g/mol. The predicted molar refractivity (Wildman–Crippen MR) is 16.8 cm³/mol. The Morgan fingerprint density at radius 1 is 1.62 bits per heavy atom. The molecule has 0 aliphatic heterocycles. The summed E-state index contributed by atoms with van der Waals surface area (Å²) >= 11 is 0. The van der Waals surface area contributed by atoms with Gasteiger partial charge in [-0.25, -0.2) is 0 Å². The van der Waals surface area contributed by atoms with Gasteiger partial charge >= 0.3 is 0 Å². The maximum absolute atomic E-state index is 9.07. The van der Waals surface area contributed by atoms with Gasteiger partial charge in [-0.1, -0.05) is 0 Å². The number of carboxylic acid groups (broad SMARTS) is 1. The summed E-state index contributed by atoms with van der Waals surface area (Å²) in [6, 6.07) is 0. The molecule has 0 aliphatic carbocycles. The molecule has 51 valence electrons. The summed E-state index contributed by atoms with van der Waals surface area (Å²) in [4.78, 5) is 9.07. The third-order valence-electron chi connectivity index (χ3n) is 0.144. The van der Waals surface area contributed by atoms with Crippen LogP contribution in [0.5, 0.6) is 0 Å². The second kappa shape index (κ2) is 15.8. The molecule has 0 aromatic carbocycles. The third-order valence-corrected chi connectivity index (χ3v) is 0.144. The Kier molecular flexibility index (Phi) is 48.6. The molecule has 0 amide bonds. The van der Waals surface area contributed by atoms with Gasteiger partial charge in [0.2, 0.25) is 0 Å². The molecule has 0 atom stereocenters. The molecule has 0 heterocycles. The van der Waals surface area contributed by atoms with Crippen molar-refractivity contribution in [2.75, 3.05) is 6.54 Å². The fraction of sp³-hybridized carbons (Fsp3) is 0.500. The van der Waals surface area contributed by atoms with Crippen molar-refractivity contribution in [3.63, 3.8) is 0 Å². The molecule has 0 fully saturated rings. The minimum absolute atomic E-state index is 0. The molecule has 0 bridgehead atoms. The van der Waals surface area contributed by atoms with Crippen LogP contribution in [-0.4, -0.2) is 18.0 Å². The van der Waals surface area contributed by atoms with Crippen LogP contribution in [0.15, 0.2) is 0 Å². The molecule has 1 radical (unpaired) electrons. The Bertz CT molecular complexity index is 49.3. The van der Waals surface area contributed by atoms with Gasteiger partial charge in [-0.3, -0.25) is 0 Å². The Balaban J connectivity index is -0.0000000267. The molecule has 8 heavy (non-hydrogen) atoms. The topological polar surface area (TPSA) is 122 Å². The second-order valence-corrected chi connectivity index (χ2v) is 0.549. The zero-order valence-corrected chi connectivity index (χ0v) is 5.22. The number of carboxylic acids is 1. The van der Waals surface area contributed by atoms with Gasteiger partial charge in [-0.2, -0.15) is 0 Å². The summed E-state index contributed by atoms with van der Waals surface area (Å²) in [5.41, 5.74) is 6.00. The second-order valence-electron chi connectivity index (χ2n) is 0.549. The maximum Gasteiger partial charge on any atom is 0.0207 e. The van der Waals surface area contributed by atoms with Crippen LogP contribution in [0.1, 0.15) is 0 Å². The summed E-state index contributed by atoms with van der Waals surface area (Å²) in [6.07, 6.45) is 0.